The second-order valence-corrected chi connectivity index (χ2v) is 6.02. The van der Waals surface area contributed by atoms with Gasteiger partial charge >= 0.3 is 0 Å². The Bertz CT molecular complexity index is 675. The Balaban J connectivity index is 1.90. The van der Waals surface area contributed by atoms with Crippen LogP contribution in [-0.4, -0.2) is 48.0 Å². The molecule has 0 spiro atoms. The van der Waals surface area contributed by atoms with Crippen LogP contribution in [0.5, 0.6) is 11.5 Å². The number of hydrogen-bond acceptors (Lipinski definition) is 5. The molecule has 23 heavy (non-hydrogen) atoms. The number of nitrogens with two attached hydrogens (primary N) is 1. The SMILES string of the molecule is COc1c(OC2CCN(C)CC2)cccc1-c1cnn(C)c1N. The zero-order chi connectivity index (χ0) is 16.4. The van der Waals surface area contributed by atoms with Crippen molar-refractivity contribution in [1.29, 1.82) is 0 Å². The smallest absolute Gasteiger partial charge is 0.168 e. The molecule has 0 aliphatic carbocycles. The van der Waals surface area contributed by atoms with Crippen molar-refractivity contribution in [3.05, 3.63) is 24.4 Å². The van der Waals surface area contributed by atoms with Crippen molar-refractivity contribution in [2.75, 3.05) is 33.0 Å². The summed E-state index contributed by atoms with van der Waals surface area (Å²) >= 11 is 0. The Morgan fingerprint density at radius 1 is 1.17 bits per heavy atom. The van der Waals surface area contributed by atoms with Gasteiger partial charge in [0.1, 0.15) is 11.9 Å². The van der Waals surface area contributed by atoms with E-state index in [-0.39, 0.29) is 6.10 Å². The summed E-state index contributed by atoms with van der Waals surface area (Å²) in [6.45, 7) is 2.12. The van der Waals surface area contributed by atoms with E-state index < -0.39 is 0 Å². The third-order valence-electron chi connectivity index (χ3n) is 4.42. The van der Waals surface area contributed by atoms with Gasteiger partial charge in [-0.2, -0.15) is 5.10 Å². The summed E-state index contributed by atoms with van der Waals surface area (Å²) in [6, 6.07) is 5.90. The Labute approximate surface area is 136 Å². The van der Waals surface area contributed by atoms with Crippen LogP contribution in [0.3, 0.4) is 0 Å². The normalized spacial score (nSPS) is 16.5. The second kappa shape index (κ2) is 6.50. The van der Waals surface area contributed by atoms with Crippen LogP contribution in [0.1, 0.15) is 12.8 Å². The maximum atomic E-state index is 6.21. The van der Waals surface area contributed by atoms with Gasteiger partial charge in [-0.25, -0.2) is 0 Å². The number of methoxy groups -OCH3 is 1. The molecule has 2 heterocycles. The zero-order valence-corrected chi connectivity index (χ0v) is 14.0. The largest absolute Gasteiger partial charge is 0.492 e. The van der Waals surface area contributed by atoms with Crippen LogP contribution in [0, 0.1) is 0 Å². The number of piperidine rings is 1. The first-order valence-corrected chi connectivity index (χ1v) is 7.90. The molecular weight excluding hydrogens is 292 g/mol. The molecule has 6 nitrogen and oxygen atoms in total. The van der Waals surface area contributed by atoms with Crippen LogP contribution in [0.15, 0.2) is 24.4 Å². The zero-order valence-electron chi connectivity index (χ0n) is 14.0. The van der Waals surface area contributed by atoms with E-state index in [1.54, 1.807) is 18.0 Å². The quantitative estimate of drug-likeness (QED) is 0.936. The van der Waals surface area contributed by atoms with Crippen molar-refractivity contribution in [2.24, 2.45) is 7.05 Å². The minimum Gasteiger partial charge on any atom is -0.492 e. The average molecular weight is 316 g/mol. The van der Waals surface area contributed by atoms with Gasteiger partial charge in [-0.15, -0.1) is 0 Å². The minimum absolute atomic E-state index is 0.224. The lowest BCUT2D eigenvalue weighted by Gasteiger charge is -2.30. The number of ether oxygens (including phenoxy) is 2. The molecule has 1 aromatic carbocycles. The van der Waals surface area contributed by atoms with E-state index in [1.807, 2.05) is 25.2 Å². The molecule has 0 amide bonds. The lowest BCUT2D eigenvalue weighted by atomic mass is 10.1. The summed E-state index contributed by atoms with van der Waals surface area (Å²) in [5.41, 5.74) is 7.87. The summed E-state index contributed by atoms with van der Waals surface area (Å²) in [5, 5.41) is 4.21. The molecular formula is C17H24N4O2. The van der Waals surface area contributed by atoms with Crippen LogP contribution in [0.4, 0.5) is 5.82 Å². The van der Waals surface area contributed by atoms with Gasteiger partial charge in [-0.3, -0.25) is 4.68 Å². The van der Waals surface area contributed by atoms with Crippen molar-refractivity contribution >= 4 is 5.82 Å². The third kappa shape index (κ3) is 3.12. The van der Waals surface area contributed by atoms with Crippen molar-refractivity contribution in [3.63, 3.8) is 0 Å². The van der Waals surface area contributed by atoms with Gasteiger partial charge in [0.25, 0.3) is 0 Å². The van der Waals surface area contributed by atoms with E-state index in [0.29, 0.717) is 11.6 Å². The number of para-hydroxylation sites is 1. The predicted molar refractivity (Wildman–Crippen MR) is 90.8 cm³/mol. The highest BCUT2D eigenvalue weighted by Crippen LogP contribution is 2.40. The number of rotatable bonds is 4. The summed E-state index contributed by atoms with van der Waals surface area (Å²) in [4.78, 5) is 2.32. The number of benzene rings is 1. The molecule has 124 valence electrons. The Hall–Kier alpha value is -2.21. The average Bonchev–Trinajstić information content (AvgIpc) is 2.89. The molecule has 0 unspecified atom stereocenters. The first-order valence-electron chi connectivity index (χ1n) is 7.90. The number of nitrogens with zero attached hydrogens (tertiary/aromatic N) is 3. The highest BCUT2D eigenvalue weighted by atomic mass is 16.5. The van der Waals surface area contributed by atoms with Crippen molar-refractivity contribution in [1.82, 2.24) is 14.7 Å². The highest BCUT2D eigenvalue weighted by molar-refractivity contribution is 5.80. The van der Waals surface area contributed by atoms with Gasteiger partial charge < -0.3 is 20.1 Å². The van der Waals surface area contributed by atoms with E-state index in [9.17, 15) is 0 Å². The van der Waals surface area contributed by atoms with Crippen LogP contribution in [0.25, 0.3) is 11.1 Å². The molecule has 1 aromatic heterocycles. The summed E-state index contributed by atoms with van der Waals surface area (Å²) in [6.07, 6.45) is 4.03. The maximum absolute atomic E-state index is 6.21. The molecule has 2 N–H and O–H groups in total. The van der Waals surface area contributed by atoms with Gasteiger partial charge in [-0.05, 0) is 26.0 Å². The van der Waals surface area contributed by atoms with Crippen LogP contribution < -0.4 is 15.2 Å². The van der Waals surface area contributed by atoms with Crippen LogP contribution >= 0.6 is 0 Å². The third-order valence-corrected chi connectivity index (χ3v) is 4.42. The lowest BCUT2D eigenvalue weighted by molar-refractivity contribution is 0.111. The van der Waals surface area contributed by atoms with Gasteiger partial charge in [-0.1, -0.05) is 12.1 Å². The number of aromatic nitrogens is 2. The van der Waals surface area contributed by atoms with Crippen LogP contribution in [-0.2, 0) is 7.05 Å². The standard InChI is InChI=1S/C17H24N4O2/c1-20-9-7-12(8-10-20)23-15-6-4-5-13(16(15)22-3)14-11-19-21(2)17(14)18/h4-6,11-12H,7-10,18H2,1-3H3. The lowest BCUT2D eigenvalue weighted by Crippen LogP contribution is -2.35. The van der Waals surface area contributed by atoms with Gasteiger partial charge in [0.2, 0.25) is 0 Å². The molecule has 1 fully saturated rings. The summed E-state index contributed by atoms with van der Waals surface area (Å²) < 4.78 is 13.5. The molecule has 6 heteroatoms. The Kier molecular flexibility index (Phi) is 4.43. The number of nitrogen functional groups attached to an aromatic ring is 1. The molecule has 1 aliphatic heterocycles. The first-order chi connectivity index (χ1) is 11.1. The Morgan fingerprint density at radius 2 is 1.91 bits per heavy atom. The van der Waals surface area contributed by atoms with Crippen molar-refractivity contribution in [3.8, 4) is 22.6 Å². The topological polar surface area (TPSA) is 65.5 Å². The van der Waals surface area contributed by atoms with Gasteiger partial charge in [0, 0.05) is 31.3 Å². The molecule has 0 radical (unpaired) electrons. The molecule has 0 bridgehead atoms. The van der Waals surface area contributed by atoms with E-state index in [4.69, 9.17) is 15.2 Å². The molecule has 3 rings (SSSR count). The fourth-order valence-corrected chi connectivity index (χ4v) is 2.97. The molecule has 0 atom stereocenters. The highest BCUT2D eigenvalue weighted by Gasteiger charge is 2.22. The van der Waals surface area contributed by atoms with Gasteiger partial charge in [0.05, 0.1) is 13.3 Å². The fourth-order valence-electron chi connectivity index (χ4n) is 2.97. The first kappa shape index (κ1) is 15.7. The van der Waals surface area contributed by atoms with E-state index >= 15 is 0 Å². The second-order valence-electron chi connectivity index (χ2n) is 6.02. The van der Waals surface area contributed by atoms with Crippen molar-refractivity contribution in [2.45, 2.75) is 18.9 Å². The van der Waals surface area contributed by atoms with E-state index in [1.165, 1.54) is 0 Å². The monoisotopic (exact) mass is 316 g/mol. The van der Waals surface area contributed by atoms with Gasteiger partial charge in [0.15, 0.2) is 11.5 Å². The molecule has 2 aromatic rings. The van der Waals surface area contributed by atoms with E-state index in [0.717, 1.165) is 42.8 Å². The molecule has 1 aliphatic rings. The number of hydrogen-bond donors (Lipinski definition) is 1. The number of aryl methyl sites for hydroxylation is 1. The number of likely N-dealkylation sites (tertiary alicyclic amines) is 1. The summed E-state index contributed by atoms with van der Waals surface area (Å²) in [7, 11) is 5.62. The fraction of sp³-hybridized carbons (Fsp3) is 0.471. The number of anilines is 1. The Morgan fingerprint density at radius 3 is 2.52 bits per heavy atom. The van der Waals surface area contributed by atoms with Crippen LogP contribution in [0.2, 0.25) is 0 Å². The van der Waals surface area contributed by atoms with Crippen molar-refractivity contribution < 1.29 is 9.47 Å². The maximum Gasteiger partial charge on any atom is 0.168 e. The summed E-state index contributed by atoms with van der Waals surface area (Å²) in [5.74, 6) is 2.09. The predicted octanol–water partition coefficient (Wildman–Crippen LogP) is 2.15. The molecule has 0 saturated carbocycles. The van der Waals surface area contributed by atoms with E-state index in [2.05, 4.69) is 17.0 Å². The minimum atomic E-state index is 0.224. The molecule has 1 saturated heterocycles.